The molecule has 0 amide bonds. The number of likely N-dealkylation sites (tertiary alicyclic amines) is 1. The van der Waals surface area contributed by atoms with Crippen LogP contribution in [0.1, 0.15) is 24.5 Å². The largest absolute Gasteiger partial charge is 0.299 e. The van der Waals surface area contributed by atoms with Crippen LogP contribution in [0.5, 0.6) is 0 Å². The van der Waals surface area contributed by atoms with Crippen molar-refractivity contribution in [2.45, 2.75) is 26.3 Å². The van der Waals surface area contributed by atoms with Crippen LogP contribution in [0.3, 0.4) is 0 Å². The molecule has 2 unspecified atom stereocenters. The van der Waals surface area contributed by atoms with Gasteiger partial charge in [0.25, 0.3) is 0 Å². The highest BCUT2D eigenvalue weighted by Gasteiger charge is 2.44. The number of benzene rings is 1. The van der Waals surface area contributed by atoms with Gasteiger partial charge in [-0.15, -0.1) is 0 Å². The first-order valence-corrected chi connectivity index (χ1v) is 6.15. The fourth-order valence-corrected chi connectivity index (χ4v) is 2.76. The van der Waals surface area contributed by atoms with Gasteiger partial charge in [-0.25, -0.2) is 0 Å². The molecule has 80 valence electrons. The summed E-state index contributed by atoms with van der Waals surface area (Å²) >= 11 is 0. The third kappa shape index (κ3) is 1.93. The minimum absolute atomic E-state index is 1.06. The molecule has 1 nitrogen and oxygen atoms in total. The minimum atomic E-state index is 1.06. The van der Waals surface area contributed by atoms with Gasteiger partial charge in [-0.2, -0.15) is 0 Å². The summed E-state index contributed by atoms with van der Waals surface area (Å²) in [6, 6.07) is 9.13. The number of aryl methyl sites for hydroxylation is 1. The lowest BCUT2D eigenvalue weighted by Gasteiger charge is -2.17. The molecule has 0 N–H and O–H groups in total. The third-order valence-corrected chi connectivity index (χ3v) is 3.89. The molecule has 2 aliphatic rings. The van der Waals surface area contributed by atoms with Crippen molar-refractivity contribution in [3.05, 3.63) is 35.4 Å². The highest BCUT2D eigenvalue weighted by atomic mass is 15.2. The van der Waals surface area contributed by atoms with E-state index in [1.54, 1.807) is 0 Å². The average molecular weight is 201 g/mol. The fraction of sp³-hybridized carbons (Fsp3) is 0.571. The lowest BCUT2D eigenvalue weighted by Crippen LogP contribution is -2.21. The summed E-state index contributed by atoms with van der Waals surface area (Å²) in [6.45, 7) is 6.07. The van der Waals surface area contributed by atoms with Crippen molar-refractivity contribution in [1.82, 2.24) is 4.90 Å². The van der Waals surface area contributed by atoms with Crippen molar-refractivity contribution < 1.29 is 0 Å². The number of nitrogens with zero attached hydrogens (tertiary/aromatic N) is 1. The molecule has 15 heavy (non-hydrogen) atoms. The first kappa shape index (κ1) is 9.41. The Balaban J connectivity index is 1.61. The Labute approximate surface area is 92.1 Å². The Morgan fingerprint density at radius 2 is 1.67 bits per heavy atom. The number of fused-ring (bicyclic) bond motifs is 1. The zero-order chi connectivity index (χ0) is 10.3. The molecular formula is C14H19N. The maximum atomic E-state index is 2.61. The molecule has 1 heterocycles. The van der Waals surface area contributed by atoms with Gasteiger partial charge in [-0.05, 0) is 35.8 Å². The van der Waals surface area contributed by atoms with Gasteiger partial charge >= 0.3 is 0 Å². The van der Waals surface area contributed by atoms with Crippen molar-refractivity contribution in [3.8, 4) is 0 Å². The fourth-order valence-electron chi connectivity index (χ4n) is 2.76. The molecule has 1 saturated heterocycles. The van der Waals surface area contributed by atoms with Crippen LogP contribution in [0.15, 0.2) is 24.3 Å². The summed E-state index contributed by atoms with van der Waals surface area (Å²) in [4.78, 5) is 2.61. The first-order chi connectivity index (χ1) is 7.35. The number of piperidine rings is 1. The topological polar surface area (TPSA) is 3.24 Å². The molecule has 0 bridgehead atoms. The highest BCUT2D eigenvalue weighted by molar-refractivity contribution is 5.22. The van der Waals surface area contributed by atoms with Crippen molar-refractivity contribution in [1.29, 1.82) is 0 Å². The quantitative estimate of drug-likeness (QED) is 0.727. The smallest absolute Gasteiger partial charge is 0.0233 e. The van der Waals surface area contributed by atoms with Crippen LogP contribution in [-0.2, 0) is 13.0 Å². The van der Waals surface area contributed by atoms with Crippen molar-refractivity contribution in [3.63, 3.8) is 0 Å². The molecule has 3 rings (SSSR count). The van der Waals surface area contributed by atoms with E-state index in [2.05, 4.69) is 36.1 Å². The van der Waals surface area contributed by atoms with Crippen molar-refractivity contribution >= 4 is 0 Å². The van der Waals surface area contributed by atoms with Gasteiger partial charge in [0, 0.05) is 19.6 Å². The molecule has 0 spiro atoms. The van der Waals surface area contributed by atoms with E-state index in [1.165, 1.54) is 30.6 Å². The molecule has 2 fully saturated rings. The lowest BCUT2D eigenvalue weighted by atomic mass is 10.1. The Hall–Kier alpha value is -0.820. The zero-order valence-electron chi connectivity index (χ0n) is 9.45. The van der Waals surface area contributed by atoms with E-state index in [0.29, 0.717) is 0 Å². The summed E-state index contributed by atoms with van der Waals surface area (Å²) in [5, 5.41) is 0. The normalized spacial score (nSPS) is 29.1. The number of hydrogen-bond acceptors (Lipinski definition) is 1. The van der Waals surface area contributed by atoms with Gasteiger partial charge in [0.15, 0.2) is 0 Å². The standard InChI is InChI=1S/C14H19N/c1-2-11-3-5-12(6-4-11)8-15-9-13-7-14(13)10-15/h3-6,13-14H,2,7-10H2,1H3. The molecule has 0 radical (unpaired) electrons. The van der Waals surface area contributed by atoms with Gasteiger partial charge in [-0.3, -0.25) is 4.90 Å². The Bertz CT molecular complexity index is 331. The summed E-state index contributed by atoms with van der Waals surface area (Å²) in [5.74, 6) is 2.11. The van der Waals surface area contributed by atoms with Crippen LogP contribution in [0.4, 0.5) is 0 Å². The molecule has 1 aromatic carbocycles. The van der Waals surface area contributed by atoms with E-state index in [-0.39, 0.29) is 0 Å². The van der Waals surface area contributed by atoms with E-state index in [4.69, 9.17) is 0 Å². The van der Waals surface area contributed by atoms with Gasteiger partial charge in [-0.1, -0.05) is 31.2 Å². The Morgan fingerprint density at radius 1 is 1.07 bits per heavy atom. The monoisotopic (exact) mass is 201 g/mol. The van der Waals surface area contributed by atoms with Crippen LogP contribution >= 0.6 is 0 Å². The maximum Gasteiger partial charge on any atom is 0.0233 e. The van der Waals surface area contributed by atoms with Gasteiger partial charge in [0.1, 0.15) is 0 Å². The second kappa shape index (κ2) is 3.64. The van der Waals surface area contributed by atoms with Crippen LogP contribution in [0.25, 0.3) is 0 Å². The first-order valence-electron chi connectivity index (χ1n) is 6.15. The van der Waals surface area contributed by atoms with E-state index in [1.807, 2.05) is 0 Å². The molecule has 1 heteroatoms. The molecule has 1 aliphatic carbocycles. The maximum absolute atomic E-state index is 2.61. The molecule has 1 aromatic rings. The van der Waals surface area contributed by atoms with E-state index < -0.39 is 0 Å². The van der Waals surface area contributed by atoms with Crippen molar-refractivity contribution in [2.24, 2.45) is 11.8 Å². The molecule has 0 aromatic heterocycles. The van der Waals surface area contributed by atoms with Crippen LogP contribution in [0, 0.1) is 11.8 Å². The molecule has 1 saturated carbocycles. The number of hydrogen-bond donors (Lipinski definition) is 0. The number of rotatable bonds is 3. The zero-order valence-corrected chi connectivity index (χ0v) is 9.45. The van der Waals surface area contributed by atoms with Crippen LogP contribution < -0.4 is 0 Å². The molecular weight excluding hydrogens is 182 g/mol. The van der Waals surface area contributed by atoms with Crippen molar-refractivity contribution in [2.75, 3.05) is 13.1 Å². The predicted octanol–water partition coefficient (Wildman–Crippen LogP) is 2.70. The minimum Gasteiger partial charge on any atom is -0.299 e. The van der Waals surface area contributed by atoms with Gasteiger partial charge in [0.2, 0.25) is 0 Å². The van der Waals surface area contributed by atoms with Gasteiger partial charge in [0.05, 0.1) is 0 Å². The second-order valence-electron chi connectivity index (χ2n) is 5.12. The van der Waals surface area contributed by atoms with E-state index >= 15 is 0 Å². The SMILES string of the molecule is CCc1ccc(CN2CC3CC3C2)cc1. The summed E-state index contributed by atoms with van der Waals surface area (Å²) < 4.78 is 0. The predicted molar refractivity (Wildman–Crippen MR) is 62.7 cm³/mol. The lowest BCUT2D eigenvalue weighted by molar-refractivity contribution is 0.297. The Kier molecular flexibility index (Phi) is 2.28. The summed E-state index contributed by atoms with van der Waals surface area (Å²) in [5.41, 5.74) is 2.93. The Morgan fingerprint density at radius 3 is 2.27 bits per heavy atom. The van der Waals surface area contributed by atoms with Gasteiger partial charge < -0.3 is 0 Å². The summed E-state index contributed by atoms with van der Waals surface area (Å²) in [7, 11) is 0. The van der Waals surface area contributed by atoms with Crippen LogP contribution in [0.2, 0.25) is 0 Å². The van der Waals surface area contributed by atoms with E-state index in [0.717, 1.165) is 24.8 Å². The summed E-state index contributed by atoms with van der Waals surface area (Å²) in [6.07, 6.45) is 2.65. The van der Waals surface area contributed by atoms with E-state index in [9.17, 15) is 0 Å². The average Bonchev–Trinajstić information content (AvgIpc) is 2.88. The molecule has 2 atom stereocenters. The highest BCUT2D eigenvalue weighted by Crippen LogP contribution is 2.45. The second-order valence-corrected chi connectivity index (χ2v) is 5.12. The third-order valence-electron chi connectivity index (χ3n) is 3.89. The molecule has 1 aliphatic heterocycles. The van der Waals surface area contributed by atoms with Crippen LogP contribution in [-0.4, -0.2) is 18.0 Å².